The van der Waals surface area contributed by atoms with E-state index >= 15 is 0 Å². The first-order valence-electron chi connectivity index (χ1n) is 8.44. The molecule has 0 aliphatic rings. The van der Waals surface area contributed by atoms with Crippen molar-refractivity contribution in [3.05, 3.63) is 23.9 Å². The fraction of sp³-hybridized carbons (Fsp3) is 0.529. The predicted molar refractivity (Wildman–Crippen MR) is 97.3 cm³/mol. The van der Waals surface area contributed by atoms with Gasteiger partial charge in [-0.15, -0.1) is 0 Å². The van der Waals surface area contributed by atoms with Crippen LogP contribution in [0, 0.1) is 0 Å². The molecule has 2 heterocycles. The zero-order chi connectivity index (χ0) is 21.2. The molecule has 0 amide bonds. The average Bonchev–Trinajstić information content (AvgIpc) is 2.56. The van der Waals surface area contributed by atoms with Crippen LogP contribution >= 0.6 is 0 Å². The van der Waals surface area contributed by atoms with Crippen LogP contribution in [0.25, 0.3) is 11.5 Å². The Hall–Kier alpha value is -2.53. The maximum Gasteiger partial charge on any atom is 0.433 e. The monoisotopic (exact) mass is 400 g/mol. The Morgan fingerprint density at radius 2 is 1.61 bits per heavy atom. The second-order valence-electron chi connectivity index (χ2n) is 7.69. The van der Waals surface area contributed by atoms with Gasteiger partial charge in [0.05, 0.1) is 11.2 Å². The minimum Gasteiger partial charge on any atom is -0.389 e. The highest BCUT2D eigenvalue weighted by atomic mass is 19.4. The van der Waals surface area contributed by atoms with Crippen LogP contribution in [0.1, 0.15) is 40.3 Å². The number of rotatable bonds is 6. The number of aromatic nitrogens is 4. The molecule has 0 saturated heterocycles. The summed E-state index contributed by atoms with van der Waals surface area (Å²) in [6, 6.07) is 3.44. The fourth-order valence-electron chi connectivity index (χ4n) is 1.83. The van der Waals surface area contributed by atoms with Crippen LogP contribution in [0.4, 0.5) is 25.1 Å². The Morgan fingerprint density at radius 3 is 2.18 bits per heavy atom. The lowest BCUT2D eigenvalue weighted by atomic mass is 10.1. The van der Waals surface area contributed by atoms with Crippen molar-refractivity contribution in [3.8, 4) is 11.5 Å². The van der Waals surface area contributed by atoms with E-state index in [4.69, 9.17) is 4.84 Å². The molecule has 2 aromatic rings. The van der Waals surface area contributed by atoms with E-state index in [9.17, 15) is 18.3 Å². The van der Waals surface area contributed by atoms with Gasteiger partial charge in [0, 0.05) is 6.54 Å². The van der Waals surface area contributed by atoms with E-state index in [1.165, 1.54) is 12.1 Å². The summed E-state index contributed by atoms with van der Waals surface area (Å²) in [6.45, 7) is 8.65. The normalized spacial score (nSPS) is 12.8. The van der Waals surface area contributed by atoms with Gasteiger partial charge < -0.3 is 10.4 Å². The number of hydrogen-bond acceptors (Lipinski definition) is 8. The number of pyridine rings is 1. The summed E-state index contributed by atoms with van der Waals surface area (Å²) < 4.78 is 38.9. The highest BCUT2D eigenvalue weighted by Crippen LogP contribution is 2.29. The predicted octanol–water partition coefficient (Wildman–Crippen LogP) is 3.28. The number of nitrogens with one attached hydrogen (secondary N) is 2. The second-order valence-corrected chi connectivity index (χ2v) is 7.69. The molecule has 0 unspecified atom stereocenters. The van der Waals surface area contributed by atoms with Crippen LogP contribution in [0.2, 0.25) is 0 Å². The van der Waals surface area contributed by atoms with Gasteiger partial charge in [-0.25, -0.2) is 10.5 Å². The molecular formula is C17H23F3N6O2. The van der Waals surface area contributed by atoms with E-state index in [0.29, 0.717) is 0 Å². The van der Waals surface area contributed by atoms with Crippen LogP contribution in [0.5, 0.6) is 0 Å². The Balaban J connectivity index is 2.41. The Bertz CT molecular complexity index is 780. The van der Waals surface area contributed by atoms with E-state index in [-0.39, 0.29) is 30.0 Å². The SMILES string of the molecule is CC(C)(O)CNc1nc(NOC(C)(C)C)nc(-c2cccc(C(F)(F)F)n2)n1. The zero-order valence-corrected chi connectivity index (χ0v) is 16.2. The van der Waals surface area contributed by atoms with Gasteiger partial charge in [0.25, 0.3) is 5.95 Å². The van der Waals surface area contributed by atoms with E-state index in [1.807, 2.05) is 0 Å². The first-order chi connectivity index (χ1) is 12.7. The van der Waals surface area contributed by atoms with Crippen molar-refractivity contribution in [3.63, 3.8) is 0 Å². The molecule has 8 nitrogen and oxygen atoms in total. The lowest BCUT2D eigenvalue weighted by Gasteiger charge is -2.20. The third kappa shape index (κ3) is 6.89. The fourth-order valence-corrected chi connectivity index (χ4v) is 1.83. The molecule has 28 heavy (non-hydrogen) atoms. The lowest BCUT2D eigenvalue weighted by Crippen LogP contribution is -2.30. The molecule has 0 aliphatic carbocycles. The summed E-state index contributed by atoms with van der Waals surface area (Å²) in [7, 11) is 0. The van der Waals surface area contributed by atoms with E-state index in [2.05, 4.69) is 30.7 Å². The molecular weight excluding hydrogens is 377 g/mol. The Morgan fingerprint density at radius 1 is 0.964 bits per heavy atom. The van der Waals surface area contributed by atoms with Gasteiger partial charge in [-0.05, 0) is 46.8 Å². The van der Waals surface area contributed by atoms with Crippen LogP contribution in [-0.2, 0) is 11.0 Å². The van der Waals surface area contributed by atoms with Crippen molar-refractivity contribution < 1.29 is 23.1 Å². The highest BCUT2D eigenvalue weighted by molar-refractivity contribution is 5.53. The Labute approximate surface area is 160 Å². The summed E-state index contributed by atoms with van der Waals surface area (Å²) in [5, 5.41) is 12.7. The van der Waals surface area contributed by atoms with E-state index < -0.39 is 23.1 Å². The molecule has 154 valence electrons. The number of anilines is 2. The molecule has 0 saturated carbocycles. The first-order valence-corrected chi connectivity index (χ1v) is 8.44. The number of alkyl halides is 3. The van der Waals surface area contributed by atoms with Crippen molar-refractivity contribution in [2.45, 2.75) is 52.0 Å². The number of nitrogens with zero attached hydrogens (tertiary/aromatic N) is 4. The minimum atomic E-state index is -4.60. The molecule has 0 fully saturated rings. The topological polar surface area (TPSA) is 105 Å². The third-order valence-electron chi connectivity index (χ3n) is 3.03. The van der Waals surface area contributed by atoms with Crippen LogP contribution < -0.4 is 10.8 Å². The van der Waals surface area contributed by atoms with Crippen molar-refractivity contribution in [2.75, 3.05) is 17.3 Å². The molecule has 11 heteroatoms. The quantitative estimate of drug-likeness (QED) is 0.635. The first kappa shape index (κ1) is 21.8. The molecule has 3 N–H and O–H groups in total. The largest absolute Gasteiger partial charge is 0.433 e. The molecule has 0 aliphatic heterocycles. The van der Waals surface area contributed by atoms with Gasteiger partial charge in [-0.3, -0.25) is 4.84 Å². The van der Waals surface area contributed by atoms with Crippen molar-refractivity contribution in [1.82, 2.24) is 19.9 Å². The van der Waals surface area contributed by atoms with Crippen molar-refractivity contribution in [1.29, 1.82) is 0 Å². The molecule has 0 bridgehead atoms. The van der Waals surface area contributed by atoms with Crippen molar-refractivity contribution in [2.24, 2.45) is 0 Å². The number of aliphatic hydroxyl groups is 1. The van der Waals surface area contributed by atoms with Crippen LogP contribution in [-0.4, -0.2) is 42.8 Å². The van der Waals surface area contributed by atoms with E-state index in [0.717, 1.165) is 6.07 Å². The summed E-state index contributed by atoms with van der Waals surface area (Å²) in [5.41, 5.74) is -0.204. The summed E-state index contributed by atoms with van der Waals surface area (Å²) in [4.78, 5) is 21.3. The zero-order valence-electron chi connectivity index (χ0n) is 16.2. The number of hydrogen-bond donors (Lipinski definition) is 3. The standard InChI is InChI=1S/C17H23F3N6O2/c1-15(2,3)28-26-14-24-12(23-13(25-14)21-9-16(4,5)27)10-7-6-8-11(22-10)17(18,19)20/h6-8,27H,9H2,1-5H3,(H2,21,23,24,25,26). The molecule has 0 atom stereocenters. The average molecular weight is 400 g/mol. The van der Waals surface area contributed by atoms with Crippen LogP contribution in [0.15, 0.2) is 18.2 Å². The summed E-state index contributed by atoms with van der Waals surface area (Å²) in [5.74, 6) is -0.0527. The van der Waals surface area contributed by atoms with Crippen LogP contribution in [0.3, 0.4) is 0 Å². The van der Waals surface area contributed by atoms with Gasteiger partial charge in [0.1, 0.15) is 11.4 Å². The number of halogens is 3. The summed E-state index contributed by atoms with van der Waals surface area (Å²) >= 11 is 0. The van der Waals surface area contributed by atoms with Gasteiger partial charge in [-0.1, -0.05) is 6.07 Å². The van der Waals surface area contributed by atoms with E-state index in [1.54, 1.807) is 34.6 Å². The van der Waals surface area contributed by atoms with Gasteiger partial charge >= 0.3 is 6.18 Å². The highest BCUT2D eigenvalue weighted by Gasteiger charge is 2.32. The Kier molecular flexibility index (Phi) is 6.09. The van der Waals surface area contributed by atoms with Gasteiger partial charge in [0.15, 0.2) is 5.82 Å². The lowest BCUT2D eigenvalue weighted by molar-refractivity contribution is -0.141. The molecule has 2 aromatic heterocycles. The summed E-state index contributed by atoms with van der Waals surface area (Å²) in [6.07, 6.45) is -4.60. The second kappa shape index (κ2) is 7.84. The third-order valence-corrected chi connectivity index (χ3v) is 3.03. The smallest absolute Gasteiger partial charge is 0.389 e. The molecule has 0 spiro atoms. The minimum absolute atomic E-state index is 0.0163. The maximum atomic E-state index is 13.0. The maximum absolute atomic E-state index is 13.0. The van der Waals surface area contributed by atoms with Gasteiger partial charge in [-0.2, -0.15) is 28.1 Å². The molecule has 0 aromatic carbocycles. The molecule has 2 rings (SSSR count). The molecule has 0 radical (unpaired) electrons. The van der Waals surface area contributed by atoms with Gasteiger partial charge in [0.2, 0.25) is 5.95 Å². The van der Waals surface area contributed by atoms with Crippen molar-refractivity contribution >= 4 is 11.9 Å².